The topological polar surface area (TPSA) is 52.8 Å². The average molecular weight is 280 g/mol. The largest absolute Gasteiger partial charge is 0.396 e. The SMILES string of the molecule is CNCc1c(N2CCC(CO)CC2)nc2sccn12. The summed E-state index contributed by atoms with van der Waals surface area (Å²) in [5.74, 6) is 1.57. The van der Waals surface area contributed by atoms with E-state index in [4.69, 9.17) is 4.98 Å². The van der Waals surface area contributed by atoms with E-state index in [0.29, 0.717) is 12.5 Å². The van der Waals surface area contributed by atoms with Crippen LogP contribution in [0, 0.1) is 5.92 Å². The molecule has 1 fully saturated rings. The van der Waals surface area contributed by atoms with Crippen LogP contribution >= 0.6 is 11.3 Å². The van der Waals surface area contributed by atoms with Crippen molar-refractivity contribution in [3.63, 3.8) is 0 Å². The molecule has 0 aromatic carbocycles. The number of piperidine rings is 1. The fourth-order valence-corrected chi connectivity index (χ4v) is 3.46. The second-order valence-corrected chi connectivity index (χ2v) is 5.95. The van der Waals surface area contributed by atoms with Crippen molar-refractivity contribution in [2.24, 2.45) is 5.92 Å². The summed E-state index contributed by atoms with van der Waals surface area (Å²) in [6.45, 7) is 3.13. The number of hydrogen-bond donors (Lipinski definition) is 2. The molecule has 2 N–H and O–H groups in total. The summed E-state index contributed by atoms with van der Waals surface area (Å²) in [7, 11) is 1.97. The van der Waals surface area contributed by atoms with Gasteiger partial charge in [0, 0.05) is 37.8 Å². The van der Waals surface area contributed by atoms with Gasteiger partial charge in [0.1, 0.15) is 0 Å². The highest BCUT2D eigenvalue weighted by Crippen LogP contribution is 2.28. The lowest BCUT2D eigenvalue weighted by atomic mass is 9.98. The molecule has 104 valence electrons. The Labute approximate surface area is 116 Å². The first-order chi connectivity index (χ1) is 9.33. The van der Waals surface area contributed by atoms with Crippen LogP contribution in [0.25, 0.3) is 4.96 Å². The molecule has 0 amide bonds. The van der Waals surface area contributed by atoms with E-state index >= 15 is 0 Å². The Kier molecular flexibility index (Phi) is 3.72. The molecule has 0 radical (unpaired) electrons. The number of aliphatic hydroxyl groups excluding tert-OH is 1. The second-order valence-electron chi connectivity index (χ2n) is 5.08. The van der Waals surface area contributed by atoms with Crippen molar-refractivity contribution >= 4 is 22.1 Å². The van der Waals surface area contributed by atoms with Gasteiger partial charge < -0.3 is 15.3 Å². The molecule has 0 atom stereocenters. The van der Waals surface area contributed by atoms with Crippen molar-refractivity contribution < 1.29 is 5.11 Å². The van der Waals surface area contributed by atoms with E-state index in [9.17, 15) is 5.11 Å². The Morgan fingerprint density at radius 2 is 2.26 bits per heavy atom. The van der Waals surface area contributed by atoms with E-state index in [1.54, 1.807) is 11.3 Å². The molecule has 19 heavy (non-hydrogen) atoms. The summed E-state index contributed by atoms with van der Waals surface area (Å²) >= 11 is 1.67. The summed E-state index contributed by atoms with van der Waals surface area (Å²) in [6.07, 6.45) is 4.20. The van der Waals surface area contributed by atoms with Crippen LogP contribution in [0.1, 0.15) is 18.5 Å². The van der Waals surface area contributed by atoms with Crippen LogP contribution in [0.15, 0.2) is 11.6 Å². The molecular formula is C13H20N4OS. The van der Waals surface area contributed by atoms with Gasteiger partial charge in [0.15, 0.2) is 10.8 Å². The maximum Gasteiger partial charge on any atom is 0.195 e. The molecule has 6 heteroatoms. The zero-order chi connectivity index (χ0) is 13.2. The van der Waals surface area contributed by atoms with Gasteiger partial charge >= 0.3 is 0 Å². The van der Waals surface area contributed by atoms with Gasteiger partial charge in [-0.2, -0.15) is 0 Å². The molecule has 1 saturated heterocycles. The first kappa shape index (κ1) is 12.9. The Morgan fingerprint density at radius 3 is 2.95 bits per heavy atom. The average Bonchev–Trinajstić information content (AvgIpc) is 3.02. The number of nitrogens with zero attached hydrogens (tertiary/aromatic N) is 3. The number of fused-ring (bicyclic) bond motifs is 1. The first-order valence-electron chi connectivity index (χ1n) is 6.78. The zero-order valence-electron chi connectivity index (χ0n) is 11.2. The van der Waals surface area contributed by atoms with Crippen LogP contribution in [0.3, 0.4) is 0 Å². The molecule has 1 aliphatic heterocycles. The van der Waals surface area contributed by atoms with E-state index in [1.165, 1.54) is 5.69 Å². The quantitative estimate of drug-likeness (QED) is 0.887. The summed E-state index contributed by atoms with van der Waals surface area (Å²) < 4.78 is 2.18. The van der Waals surface area contributed by atoms with Crippen molar-refractivity contribution in [2.45, 2.75) is 19.4 Å². The van der Waals surface area contributed by atoms with Crippen LogP contribution in [-0.4, -0.2) is 41.2 Å². The first-order valence-corrected chi connectivity index (χ1v) is 7.66. The van der Waals surface area contributed by atoms with Crippen molar-refractivity contribution in [1.29, 1.82) is 0 Å². The van der Waals surface area contributed by atoms with Gasteiger partial charge in [0.25, 0.3) is 0 Å². The molecule has 0 unspecified atom stereocenters. The second kappa shape index (κ2) is 5.48. The maximum absolute atomic E-state index is 9.22. The number of nitrogens with one attached hydrogen (secondary N) is 1. The lowest BCUT2D eigenvalue weighted by Crippen LogP contribution is -2.35. The van der Waals surface area contributed by atoms with Crippen molar-refractivity contribution in [3.05, 3.63) is 17.3 Å². The molecule has 0 saturated carbocycles. The highest BCUT2D eigenvalue weighted by Gasteiger charge is 2.23. The Hall–Kier alpha value is -1.11. The van der Waals surface area contributed by atoms with Crippen LogP contribution in [-0.2, 0) is 6.54 Å². The predicted molar refractivity (Wildman–Crippen MR) is 77.9 cm³/mol. The minimum atomic E-state index is 0.315. The minimum absolute atomic E-state index is 0.315. The van der Waals surface area contributed by atoms with E-state index < -0.39 is 0 Å². The number of thiazole rings is 1. The number of anilines is 1. The van der Waals surface area contributed by atoms with Crippen molar-refractivity contribution in [3.8, 4) is 0 Å². The Morgan fingerprint density at radius 1 is 1.47 bits per heavy atom. The fraction of sp³-hybridized carbons (Fsp3) is 0.615. The number of aromatic nitrogens is 2. The Bertz CT molecular complexity index is 542. The molecule has 2 aromatic heterocycles. The van der Waals surface area contributed by atoms with E-state index in [2.05, 4.69) is 26.2 Å². The molecule has 3 heterocycles. The van der Waals surface area contributed by atoms with Gasteiger partial charge in [-0.05, 0) is 25.8 Å². The van der Waals surface area contributed by atoms with Gasteiger partial charge in [0.2, 0.25) is 0 Å². The summed E-state index contributed by atoms with van der Waals surface area (Å²) in [5, 5.41) is 14.5. The van der Waals surface area contributed by atoms with Crippen molar-refractivity contribution in [2.75, 3.05) is 31.6 Å². The predicted octanol–water partition coefficient (Wildman–Crippen LogP) is 1.32. The van der Waals surface area contributed by atoms with Crippen LogP contribution < -0.4 is 10.2 Å². The van der Waals surface area contributed by atoms with E-state index in [1.807, 2.05) is 7.05 Å². The summed E-state index contributed by atoms with van der Waals surface area (Å²) in [6, 6.07) is 0. The molecule has 0 spiro atoms. The summed E-state index contributed by atoms with van der Waals surface area (Å²) in [5.41, 5.74) is 1.24. The summed E-state index contributed by atoms with van der Waals surface area (Å²) in [4.78, 5) is 8.19. The van der Waals surface area contributed by atoms with Gasteiger partial charge in [-0.15, -0.1) is 11.3 Å². The number of hydrogen-bond acceptors (Lipinski definition) is 5. The van der Waals surface area contributed by atoms with Gasteiger partial charge in [-0.25, -0.2) is 4.98 Å². The molecule has 0 aliphatic carbocycles. The normalized spacial score (nSPS) is 17.5. The van der Waals surface area contributed by atoms with Gasteiger partial charge in [-0.1, -0.05) is 0 Å². The van der Waals surface area contributed by atoms with Crippen LogP contribution in [0.5, 0.6) is 0 Å². The number of aliphatic hydroxyl groups is 1. The lowest BCUT2D eigenvalue weighted by Gasteiger charge is -2.31. The third kappa shape index (κ3) is 2.35. The number of rotatable bonds is 4. The molecule has 1 aliphatic rings. The molecule has 3 rings (SSSR count). The third-order valence-electron chi connectivity index (χ3n) is 3.86. The molecular weight excluding hydrogens is 260 g/mol. The molecule has 5 nitrogen and oxygen atoms in total. The van der Waals surface area contributed by atoms with E-state index in [-0.39, 0.29) is 0 Å². The molecule has 2 aromatic rings. The Balaban J connectivity index is 1.87. The lowest BCUT2D eigenvalue weighted by molar-refractivity contribution is 0.202. The standard InChI is InChI=1S/C13H20N4OS/c1-14-8-11-12(15-13-17(11)6-7-19-13)16-4-2-10(9-18)3-5-16/h6-7,10,14,18H,2-5,8-9H2,1H3. The maximum atomic E-state index is 9.22. The smallest absolute Gasteiger partial charge is 0.195 e. The fourth-order valence-electron chi connectivity index (χ4n) is 2.73. The van der Waals surface area contributed by atoms with Crippen LogP contribution in [0.4, 0.5) is 5.82 Å². The monoisotopic (exact) mass is 280 g/mol. The van der Waals surface area contributed by atoms with Gasteiger partial charge in [0.05, 0.1) is 5.69 Å². The highest BCUT2D eigenvalue weighted by atomic mass is 32.1. The highest BCUT2D eigenvalue weighted by molar-refractivity contribution is 7.15. The minimum Gasteiger partial charge on any atom is -0.396 e. The van der Waals surface area contributed by atoms with E-state index in [0.717, 1.165) is 43.3 Å². The zero-order valence-corrected chi connectivity index (χ0v) is 12.0. The molecule has 0 bridgehead atoms. The van der Waals surface area contributed by atoms with Gasteiger partial charge in [-0.3, -0.25) is 4.40 Å². The number of imidazole rings is 1. The van der Waals surface area contributed by atoms with Crippen LogP contribution in [0.2, 0.25) is 0 Å². The van der Waals surface area contributed by atoms with Crippen molar-refractivity contribution in [1.82, 2.24) is 14.7 Å². The third-order valence-corrected chi connectivity index (χ3v) is 4.61.